The molecule has 0 spiro atoms. The minimum Gasteiger partial charge on any atom is -0.493 e. The van der Waals surface area contributed by atoms with Gasteiger partial charge in [0.2, 0.25) is 10.5 Å². The summed E-state index contributed by atoms with van der Waals surface area (Å²) >= 11 is 4.95. The van der Waals surface area contributed by atoms with Gasteiger partial charge in [0.15, 0.2) is 5.75 Å². The van der Waals surface area contributed by atoms with Crippen LogP contribution >= 0.6 is 12.2 Å². The molecule has 2 aromatic rings. The Morgan fingerprint density at radius 2 is 2.36 bits per heavy atom. The Morgan fingerprint density at radius 1 is 1.59 bits per heavy atom. The number of nitrogens with zero attached hydrogens (tertiary/aromatic N) is 4. The zero-order valence-electron chi connectivity index (χ0n) is 11.8. The predicted molar refractivity (Wildman–Crippen MR) is 81.2 cm³/mol. The summed E-state index contributed by atoms with van der Waals surface area (Å²) < 4.78 is 12.1. The van der Waals surface area contributed by atoms with E-state index in [0.29, 0.717) is 10.3 Å². The summed E-state index contributed by atoms with van der Waals surface area (Å²) in [6.45, 7) is 2.02. The molecule has 1 N–H and O–H groups in total. The van der Waals surface area contributed by atoms with Crippen LogP contribution in [0.1, 0.15) is 12.5 Å². The molecule has 9 nitrogen and oxygen atoms in total. The molecule has 22 heavy (non-hydrogen) atoms. The van der Waals surface area contributed by atoms with Gasteiger partial charge < -0.3 is 9.47 Å². The average molecular weight is 323 g/mol. The lowest BCUT2D eigenvalue weighted by Crippen LogP contribution is -2.02. The third-order valence-electron chi connectivity index (χ3n) is 2.63. The standard InChI is InChI=1S/C12H13N5O4S/c1-3-21-11-9(17(18)19)4-8(5-10(11)20-2)6-14-16-7-13-15-12(16)22/h4-7H,3H2,1-2H3,(H,15,22)/b14-6-. The minimum absolute atomic E-state index is 0.0899. The second-order valence-corrected chi connectivity index (χ2v) is 4.40. The molecular formula is C12H13N5O4S. The lowest BCUT2D eigenvalue weighted by molar-refractivity contribution is -0.385. The summed E-state index contributed by atoms with van der Waals surface area (Å²) in [5.74, 6) is 0.348. The van der Waals surface area contributed by atoms with Gasteiger partial charge in [0.05, 0.1) is 24.9 Å². The van der Waals surface area contributed by atoms with Crippen LogP contribution in [0.15, 0.2) is 23.6 Å². The maximum atomic E-state index is 11.2. The Balaban J connectivity index is 2.47. The van der Waals surface area contributed by atoms with Crippen molar-refractivity contribution < 1.29 is 14.4 Å². The molecule has 0 radical (unpaired) electrons. The Bertz CT molecular complexity index is 767. The molecule has 0 aliphatic heterocycles. The van der Waals surface area contributed by atoms with Crippen LogP contribution in [0.5, 0.6) is 11.5 Å². The van der Waals surface area contributed by atoms with Gasteiger partial charge >= 0.3 is 5.69 Å². The summed E-state index contributed by atoms with van der Waals surface area (Å²) in [5.41, 5.74) is 0.272. The molecule has 0 aliphatic carbocycles. The topological polar surface area (TPSA) is 108 Å². The number of nitro benzene ring substituents is 1. The van der Waals surface area contributed by atoms with E-state index in [1.807, 2.05) is 0 Å². The summed E-state index contributed by atoms with van der Waals surface area (Å²) in [6, 6.07) is 2.94. The monoisotopic (exact) mass is 323 g/mol. The van der Waals surface area contributed by atoms with Crippen molar-refractivity contribution in [1.82, 2.24) is 14.9 Å². The Kier molecular flexibility index (Phi) is 4.84. The van der Waals surface area contributed by atoms with Crippen molar-refractivity contribution in [1.29, 1.82) is 0 Å². The number of benzene rings is 1. The summed E-state index contributed by atoms with van der Waals surface area (Å²) in [5, 5.41) is 21.5. The quantitative estimate of drug-likeness (QED) is 0.378. The van der Waals surface area contributed by atoms with Gasteiger partial charge in [0.1, 0.15) is 6.33 Å². The Hall–Kier alpha value is -2.75. The van der Waals surface area contributed by atoms with Gasteiger partial charge in [-0.05, 0) is 25.2 Å². The zero-order valence-corrected chi connectivity index (χ0v) is 12.7. The van der Waals surface area contributed by atoms with Crippen LogP contribution in [0, 0.1) is 14.9 Å². The number of aromatic nitrogens is 3. The first-order chi connectivity index (χ1) is 10.6. The van der Waals surface area contributed by atoms with Crippen LogP contribution in [0.2, 0.25) is 0 Å². The van der Waals surface area contributed by atoms with E-state index in [9.17, 15) is 10.1 Å². The van der Waals surface area contributed by atoms with Gasteiger partial charge in [0.25, 0.3) is 0 Å². The normalized spacial score (nSPS) is 10.8. The van der Waals surface area contributed by atoms with Crippen molar-refractivity contribution in [3.05, 3.63) is 38.9 Å². The smallest absolute Gasteiger partial charge is 0.315 e. The van der Waals surface area contributed by atoms with E-state index >= 15 is 0 Å². The van der Waals surface area contributed by atoms with Crippen LogP contribution in [0.25, 0.3) is 0 Å². The maximum Gasteiger partial charge on any atom is 0.315 e. The van der Waals surface area contributed by atoms with E-state index in [1.165, 1.54) is 30.4 Å². The van der Waals surface area contributed by atoms with Crippen LogP contribution in [-0.4, -0.2) is 39.7 Å². The minimum atomic E-state index is -0.533. The zero-order chi connectivity index (χ0) is 16.1. The fourth-order valence-electron chi connectivity index (χ4n) is 1.71. The summed E-state index contributed by atoms with van der Waals surface area (Å²) in [4.78, 5) is 10.7. The molecule has 0 saturated carbocycles. The van der Waals surface area contributed by atoms with Gasteiger partial charge in [0, 0.05) is 11.6 Å². The second kappa shape index (κ2) is 6.80. The maximum absolute atomic E-state index is 11.2. The highest BCUT2D eigenvalue weighted by Gasteiger charge is 2.21. The van der Waals surface area contributed by atoms with Gasteiger partial charge in [-0.2, -0.15) is 14.9 Å². The summed E-state index contributed by atoms with van der Waals surface area (Å²) in [6.07, 6.45) is 2.80. The van der Waals surface area contributed by atoms with Crippen molar-refractivity contribution in [3.8, 4) is 11.5 Å². The highest BCUT2D eigenvalue weighted by molar-refractivity contribution is 7.71. The van der Waals surface area contributed by atoms with E-state index < -0.39 is 4.92 Å². The lowest BCUT2D eigenvalue weighted by Gasteiger charge is -2.10. The largest absolute Gasteiger partial charge is 0.493 e. The number of ether oxygens (including phenoxy) is 2. The van der Waals surface area contributed by atoms with Gasteiger partial charge in [-0.3, -0.25) is 15.2 Å². The fourth-order valence-corrected chi connectivity index (χ4v) is 1.86. The fraction of sp³-hybridized carbons (Fsp3) is 0.250. The van der Waals surface area contributed by atoms with Crippen molar-refractivity contribution in [2.75, 3.05) is 13.7 Å². The molecule has 0 bridgehead atoms. The van der Waals surface area contributed by atoms with Crippen LogP contribution < -0.4 is 9.47 Å². The van der Waals surface area contributed by atoms with Crippen molar-refractivity contribution >= 4 is 24.1 Å². The van der Waals surface area contributed by atoms with E-state index in [0.717, 1.165) is 0 Å². The van der Waals surface area contributed by atoms with E-state index in [2.05, 4.69) is 15.3 Å². The van der Waals surface area contributed by atoms with Gasteiger partial charge in [-0.15, -0.1) is 0 Å². The number of hydrogen-bond acceptors (Lipinski definition) is 7. The second-order valence-electron chi connectivity index (χ2n) is 4.01. The van der Waals surface area contributed by atoms with Gasteiger partial charge in [-0.25, -0.2) is 0 Å². The SMILES string of the molecule is CCOc1c(OC)cc(/C=N\n2cn[nH]c2=S)cc1[N+](=O)[O-]. The molecule has 0 atom stereocenters. The average Bonchev–Trinajstić information content (AvgIpc) is 2.91. The first-order valence-corrected chi connectivity index (χ1v) is 6.63. The highest BCUT2D eigenvalue weighted by atomic mass is 32.1. The number of nitro groups is 1. The number of aromatic amines is 1. The molecule has 0 fully saturated rings. The predicted octanol–water partition coefficient (Wildman–Crippen LogP) is 2.14. The number of methoxy groups -OCH3 is 1. The van der Waals surface area contributed by atoms with Crippen molar-refractivity contribution in [2.45, 2.75) is 6.92 Å². The van der Waals surface area contributed by atoms with Crippen LogP contribution in [0.3, 0.4) is 0 Å². The van der Waals surface area contributed by atoms with E-state index in [1.54, 1.807) is 13.0 Å². The molecule has 0 aliphatic rings. The summed E-state index contributed by atoms with van der Waals surface area (Å²) in [7, 11) is 1.41. The Labute approximate surface area is 130 Å². The van der Waals surface area contributed by atoms with Crippen LogP contribution in [0.4, 0.5) is 5.69 Å². The Morgan fingerprint density at radius 3 is 2.91 bits per heavy atom. The molecule has 0 amide bonds. The van der Waals surface area contributed by atoms with E-state index in [-0.39, 0.29) is 23.8 Å². The third-order valence-corrected chi connectivity index (χ3v) is 2.91. The number of H-pyrrole nitrogens is 1. The first kappa shape index (κ1) is 15.6. The molecular weight excluding hydrogens is 310 g/mol. The molecule has 1 heterocycles. The number of rotatable bonds is 6. The highest BCUT2D eigenvalue weighted by Crippen LogP contribution is 2.37. The molecule has 10 heteroatoms. The molecule has 2 rings (SSSR count). The molecule has 1 aromatic heterocycles. The molecule has 1 aromatic carbocycles. The molecule has 0 saturated heterocycles. The van der Waals surface area contributed by atoms with Crippen molar-refractivity contribution in [3.63, 3.8) is 0 Å². The first-order valence-electron chi connectivity index (χ1n) is 6.22. The van der Waals surface area contributed by atoms with E-state index in [4.69, 9.17) is 21.7 Å². The number of hydrogen-bond donors (Lipinski definition) is 1. The van der Waals surface area contributed by atoms with Gasteiger partial charge in [-0.1, -0.05) is 0 Å². The van der Waals surface area contributed by atoms with Crippen LogP contribution in [-0.2, 0) is 0 Å². The molecule has 0 unspecified atom stereocenters. The lowest BCUT2D eigenvalue weighted by atomic mass is 10.2. The third kappa shape index (κ3) is 3.28. The van der Waals surface area contributed by atoms with Crippen molar-refractivity contribution in [2.24, 2.45) is 5.10 Å². The number of nitrogens with one attached hydrogen (secondary N) is 1. The molecule has 116 valence electrons.